The van der Waals surface area contributed by atoms with E-state index in [-0.39, 0.29) is 0 Å². The molecule has 5 heteroatoms. The van der Waals surface area contributed by atoms with Crippen LogP contribution in [0.5, 0.6) is 0 Å². The normalized spacial score (nSPS) is 18.4. The van der Waals surface area contributed by atoms with Crippen molar-refractivity contribution in [2.45, 2.75) is 25.2 Å². The SMILES string of the molecule is Cn1cc2cc(-c3ccc4nc(C5CCCNCC5)sc4c3)ccc2n1. The summed E-state index contributed by atoms with van der Waals surface area (Å²) in [5.74, 6) is 0.609. The fourth-order valence-corrected chi connectivity index (χ4v) is 5.07. The average Bonchev–Trinajstić information content (AvgIpc) is 3.12. The van der Waals surface area contributed by atoms with Crippen molar-refractivity contribution in [3.8, 4) is 11.1 Å². The zero-order valence-corrected chi connectivity index (χ0v) is 15.7. The first-order chi connectivity index (χ1) is 12.8. The monoisotopic (exact) mass is 362 g/mol. The first kappa shape index (κ1) is 16.0. The van der Waals surface area contributed by atoms with Crippen LogP contribution in [0.25, 0.3) is 32.2 Å². The van der Waals surface area contributed by atoms with Gasteiger partial charge in [-0.2, -0.15) is 5.10 Å². The Hall–Kier alpha value is -2.24. The second kappa shape index (κ2) is 6.49. The van der Waals surface area contributed by atoms with E-state index in [0.717, 1.165) is 24.1 Å². The lowest BCUT2D eigenvalue weighted by molar-refractivity contribution is 0.607. The van der Waals surface area contributed by atoms with Crippen molar-refractivity contribution in [3.05, 3.63) is 47.6 Å². The van der Waals surface area contributed by atoms with Gasteiger partial charge in [-0.25, -0.2) is 4.98 Å². The van der Waals surface area contributed by atoms with E-state index in [1.807, 2.05) is 23.1 Å². The minimum atomic E-state index is 0.609. The third kappa shape index (κ3) is 2.91. The Balaban J connectivity index is 1.52. The minimum Gasteiger partial charge on any atom is -0.317 e. The van der Waals surface area contributed by atoms with E-state index in [9.17, 15) is 0 Å². The number of benzene rings is 2. The molecule has 132 valence electrons. The highest BCUT2D eigenvalue weighted by molar-refractivity contribution is 7.18. The second-order valence-electron chi connectivity index (χ2n) is 7.19. The molecule has 0 aliphatic carbocycles. The highest BCUT2D eigenvalue weighted by Crippen LogP contribution is 2.35. The Kier molecular flexibility index (Phi) is 3.98. The second-order valence-corrected chi connectivity index (χ2v) is 8.25. The van der Waals surface area contributed by atoms with Gasteiger partial charge < -0.3 is 5.32 Å². The summed E-state index contributed by atoms with van der Waals surface area (Å²) in [6.07, 6.45) is 5.76. The quantitative estimate of drug-likeness (QED) is 0.562. The van der Waals surface area contributed by atoms with Crippen LogP contribution in [0, 0.1) is 0 Å². The molecular weight excluding hydrogens is 340 g/mol. The van der Waals surface area contributed by atoms with Gasteiger partial charge in [-0.3, -0.25) is 4.68 Å². The topological polar surface area (TPSA) is 42.7 Å². The van der Waals surface area contributed by atoms with E-state index >= 15 is 0 Å². The summed E-state index contributed by atoms with van der Waals surface area (Å²) in [5, 5.41) is 10.5. The maximum Gasteiger partial charge on any atom is 0.0970 e. The highest BCUT2D eigenvalue weighted by Gasteiger charge is 2.18. The fraction of sp³-hybridized carbons (Fsp3) is 0.333. The zero-order valence-electron chi connectivity index (χ0n) is 14.9. The first-order valence-corrected chi connectivity index (χ1v) is 10.1. The largest absolute Gasteiger partial charge is 0.317 e. The Morgan fingerprint density at radius 3 is 2.81 bits per heavy atom. The predicted molar refractivity (Wildman–Crippen MR) is 109 cm³/mol. The van der Waals surface area contributed by atoms with Crippen LogP contribution >= 0.6 is 11.3 Å². The van der Waals surface area contributed by atoms with Gasteiger partial charge in [-0.1, -0.05) is 12.1 Å². The molecule has 1 unspecified atom stereocenters. The number of aryl methyl sites for hydroxylation is 1. The lowest BCUT2D eigenvalue weighted by Gasteiger charge is -2.08. The lowest BCUT2D eigenvalue weighted by atomic mass is 10.0. The summed E-state index contributed by atoms with van der Waals surface area (Å²) in [7, 11) is 1.97. The molecule has 0 spiro atoms. The van der Waals surface area contributed by atoms with Crippen molar-refractivity contribution in [1.29, 1.82) is 0 Å². The fourth-order valence-electron chi connectivity index (χ4n) is 3.89. The maximum absolute atomic E-state index is 4.94. The van der Waals surface area contributed by atoms with Gasteiger partial charge in [0.05, 0.1) is 20.7 Å². The molecule has 0 radical (unpaired) electrons. The molecule has 3 heterocycles. The molecule has 26 heavy (non-hydrogen) atoms. The molecule has 4 nitrogen and oxygen atoms in total. The van der Waals surface area contributed by atoms with Crippen LogP contribution in [0.4, 0.5) is 0 Å². The van der Waals surface area contributed by atoms with Crippen molar-refractivity contribution in [2.75, 3.05) is 13.1 Å². The van der Waals surface area contributed by atoms with E-state index in [0.29, 0.717) is 5.92 Å². The van der Waals surface area contributed by atoms with Gasteiger partial charge in [0, 0.05) is 24.5 Å². The molecular formula is C21H22N4S. The summed E-state index contributed by atoms with van der Waals surface area (Å²) in [4.78, 5) is 4.94. The number of fused-ring (bicyclic) bond motifs is 2. The highest BCUT2D eigenvalue weighted by atomic mass is 32.1. The van der Waals surface area contributed by atoms with Crippen LogP contribution < -0.4 is 5.32 Å². The number of hydrogen-bond acceptors (Lipinski definition) is 4. The van der Waals surface area contributed by atoms with Crippen molar-refractivity contribution < 1.29 is 0 Å². The van der Waals surface area contributed by atoms with Crippen molar-refractivity contribution in [3.63, 3.8) is 0 Å². The smallest absolute Gasteiger partial charge is 0.0970 e. The van der Waals surface area contributed by atoms with E-state index in [1.54, 1.807) is 0 Å². The van der Waals surface area contributed by atoms with Crippen LogP contribution in [-0.4, -0.2) is 27.9 Å². The minimum absolute atomic E-state index is 0.609. The lowest BCUT2D eigenvalue weighted by Crippen LogP contribution is -2.13. The third-order valence-electron chi connectivity index (χ3n) is 5.28. The van der Waals surface area contributed by atoms with Crippen LogP contribution in [0.3, 0.4) is 0 Å². The molecule has 1 atom stereocenters. The predicted octanol–water partition coefficient (Wildman–Crippen LogP) is 4.71. The van der Waals surface area contributed by atoms with Crippen LogP contribution in [0.2, 0.25) is 0 Å². The molecule has 1 aliphatic rings. The molecule has 4 aromatic rings. The van der Waals surface area contributed by atoms with Gasteiger partial charge in [0.1, 0.15) is 0 Å². The van der Waals surface area contributed by atoms with E-state index < -0.39 is 0 Å². The molecule has 1 saturated heterocycles. The zero-order chi connectivity index (χ0) is 17.5. The molecule has 0 amide bonds. The van der Waals surface area contributed by atoms with E-state index in [2.05, 4.69) is 53.0 Å². The van der Waals surface area contributed by atoms with Crippen molar-refractivity contribution in [1.82, 2.24) is 20.1 Å². The third-order valence-corrected chi connectivity index (χ3v) is 6.46. The molecule has 1 aliphatic heterocycles. The van der Waals surface area contributed by atoms with E-state index in [1.165, 1.54) is 45.5 Å². The maximum atomic E-state index is 4.94. The molecule has 0 saturated carbocycles. The van der Waals surface area contributed by atoms with Gasteiger partial charge in [-0.15, -0.1) is 11.3 Å². The Morgan fingerprint density at radius 1 is 1.04 bits per heavy atom. The van der Waals surface area contributed by atoms with E-state index in [4.69, 9.17) is 4.98 Å². The standard InChI is InChI=1S/C21H22N4S/c1-25-13-17-11-15(4-6-18(17)24-25)16-5-7-19-20(12-16)26-21(23-19)14-3-2-9-22-10-8-14/h4-7,11-14,22H,2-3,8-10H2,1H3. The first-order valence-electron chi connectivity index (χ1n) is 9.31. The molecule has 1 fully saturated rings. The van der Waals surface area contributed by atoms with Gasteiger partial charge >= 0.3 is 0 Å². The van der Waals surface area contributed by atoms with Crippen molar-refractivity contribution >= 4 is 32.5 Å². The summed E-state index contributed by atoms with van der Waals surface area (Å²) in [5.41, 5.74) is 4.66. The summed E-state index contributed by atoms with van der Waals surface area (Å²) >= 11 is 1.87. The summed E-state index contributed by atoms with van der Waals surface area (Å²) in [6.45, 7) is 2.25. The van der Waals surface area contributed by atoms with Gasteiger partial charge in [0.25, 0.3) is 0 Å². The number of hydrogen-bond donors (Lipinski definition) is 1. The Bertz CT molecular complexity index is 1070. The number of rotatable bonds is 2. The van der Waals surface area contributed by atoms with Crippen LogP contribution in [0.15, 0.2) is 42.6 Å². The summed E-state index contributed by atoms with van der Waals surface area (Å²) in [6, 6.07) is 13.2. The number of aromatic nitrogens is 3. The van der Waals surface area contributed by atoms with Gasteiger partial charge in [0.15, 0.2) is 0 Å². The summed E-state index contributed by atoms with van der Waals surface area (Å²) < 4.78 is 3.16. The van der Waals surface area contributed by atoms with Crippen LogP contribution in [0.1, 0.15) is 30.2 Å². The number of nitrogens with one attached hydrogen (secondary N) is 1. The van der Waals surface area contributed by atoms with Gasteiger partial charge in [0.2, 0.25) is 0 Å². The number of thiazole rings is 1. The molecule has 0 bridgehead atoms. The molecule has 2 aromatic carbocycles. The molecule has 1 N–H and O–H groups in total. The molecule has 5 rings (SSSR count). The average molecular weight is 363 g/mol. The van der Waals surface area contributed by atoms with Crippen LogP contribution in [-0.2, 0) is 7.05 Å². The Labute approximate surface area is 156 Å². The van der Waals surface area contributed by atoms with Crippen molar-refractivity contribution in [2.24, 2.45) is 7.05 Å². The Morgan fingerprint density at radius 2 is 1.88 bits per heavy atom. The molecule has 2 aromatic heterocycles. The number of nitrogens with zero attached hydrogens (tertiary/aromatic N) is 3. The van der Waals surface area contributed by atoms with Gasteiger partial charge in [-0.05, 0) is 67.7 Å².